The second-order valence-corrected chi connectivity index (χ2v) is 3.83. The van der Waals surface area contributed by atoms with Crippen LogP contribution in [0, 0.1) is 5.92 Å². The topological polar surface area (TPSA) is 52.6 Å². The van der Waals surface area contributed by atoms with Gasteiger partial charge in [-0.05, 0) is 6.92 Å². The van der Waals surface area contributed by atoms with E-state index in [-0.39, 0.29) is 24.7 Å². The number of ether oxygens (including phenoxy) is 2. The number of hydrogen-bond donors (Lipinski definition) is 0. The quantitative estimate of drug-likeness (QED) is 0.664. The van der Waals surface area contributed by atoms with Gasteiger partial charge in [-0.1, -0.05) is 13.8 Å². The minimum atomic E-state index is -1.14. The predicted molar refractivity (Wildman–Crippen MR) is 54.1 cm³/mol. The molecular weight excluding hydrogens is 196 g/mol. The summed E-state index contributed by atoms with van der Waals surface area (Å²) >= 11 is 0. The van der Waals surface area contributed by atoms with E-state index < -0.39 is 11.6 Å². The van der Waals surface area contributed by atoms with E-state index in [1.165, 1.54) is 12.3 Å². The van der Waals surface area contributed by atoms with E-state index in [9.17, 15) is 9.59 Å². The Bertz CT molecular complexity index is 293. The number of carbonyl (C=O) groups excluding carboxylic acids is 2. The van der Waals surface area contributed by atoms with Gasteiger partial charge in [0.15, 0.2) is 5.78 Å². The highest BCUT2D eigenvalue weighted by Crippen LogP contribution is 2.31. The molecule has 84 valence electrons. The predicted octanol–water partition coefficient (Wildman–Crippen LogP) is 1.45. The van der Waals surface area contributed by atoms with Gasteiger partial charge in [-0.25, -0.2) is 4.79 Å². The van der Waals surface area contributed by atoms with E-state index in [1.54, 1.807) is 6.92 Å². The smallest absolute Gasteiger partial charge is 0.351 e. The summed E-state index contributed by atoms with van der Waals surface area (Å²) in [5.74, 6) is -0.675. The molecule has 0 radical (unpaired) electrons. The van der Waals surface area contributed by atoms with Gasteiger partial charge in [0.25, 0.3) is 0 Å². The summed E-state index contributed by atoms with van der Waals surface area (Å²) in [6.45, 7) is 5.69. The Morgan fingerprint density at radius 2 is 2.33 bits per heavy atom. The van der Waals surface area contributed by atoms with Gasteiger partial charge in [0.2, 0.25) is 5.60 Å². The molecule has 1 heterocycles. The summed E-state index contributed by atoms with van der Waals surface area (Å²) in [5.41, 5.74) is -1.14. The van der Waals surface area contributed by atoms with E-state index in [0.29, 0.717) is 0 Å². The van der Waals surface area contributed by atoms with Crippen LogP contribution in [0.3, 0.4) is 0 Å². The molecule has 0 aliphatic carbocycles. The van der Waals surface area contributed by atoms with Gasteiger partial charge in [0.1, 0.15) is 0 Å². The van der Waals surface area contributed by atoms with Crippen molar-refractivity contribution in [2.75, 3.05) is 6.61 Å². The van der Waals surface area contributed by atoms with Crippen molar-refractivity contribution in [1.29, 1.82) is 0 Å². The molecule has 1 aliphatic rings. The van der Waals surface area contributed by atoms with Crippen LogP contribution in [0.4, 0.5) is 0 Å². The zero-order chi connectivity index (χ0) is 11.5. The molecular formula is C11H16O4. The van der Waals surface area contributed by atoms with Gasteiger partial charge in [-0.3, -0.25) is 4.79 Å². The number of esters is 1. The lowest BCUT2D eigenvalue weighted by Gasteiger charge is -2.35. The Morgan fingerprint density at radius 3 is 2.80 bits per heavy atom. The van der Waals surface area contributed by atoms with Crippen molar-refractivity contribution in [3.8, 4) is 0 Å². The number of carbonyl (C=O) groups is 2. The monoisotopic (exact) mass is 212 g/mol. The minimum absolute atomic E-state index is 0.0556. The first-order chi connectivity index (χ1) is 7.03. The average molecular weight is 212 g/mol. The maximum Gasteiger partial charge on any atom is 0.351 e. The van der Waals surface area contributed by atoms with Crippen molar-refractivity contribution in [2.45, 2.75) is 32.8 Å². The van der Waals surface area contributed by atoms with E-state index in [1.807, 2.05) is 13.8 Å². The van der Waals surface area contributed by atoms with Crippen LogP contribution < -0.4 is 0 Å². The molecule has 0 N–H and O–H groups in total. The fraction of sp³-hybridized carbons (Fsp3) is 0.636. The van der Waals surface area contributed by atoms with E-state index in [0.717, 1.165) is 0 Å². The Labute approximate surface area is 89.2 Å². The first-order valence-electron chi connectivity index (χ1n) is 5.07. The van der Waals surface area contributed by atoms with Gasteiger partial charge in [-0.2, -0.15) is 0 Å². The second-order valence-electron chi connectivity index (χ2n) is 3.83. The molecule has 0 spiro atoms. The lowest BCUT2D eigenvalue weighted by atomic mass is 9.84. The van der Waals surface area contributed by atoms with Gasteiger partial charge >= 0.3 is 5.97 Å². The van der Waals surface area contributed by atoms with Gasteiger partial charge in [-0.15, -0.1) is 0 Å². The van der Waals surface area contributed by atoms with Crippen molar-refractivity contribution in [3.05, 3.63) is 12.3 Å². The van der Waals surface area contributed by atoms with Crippen molar-refractivity contribution >= 4 is 11.8 Å². The summed E-state index contributed by atoms with van der Waals surface area (Å²) in [6, 6.07) is 0. The normalized spacial score (nSPS) is 25.2. The molecule has 0 amide bonds. The van der Waals surface area contributed by atoms with Crippen LogP contribution in [0.5, 0.6) is 0 Å². The zero-order valence-corrected chi connectivity index (χ0v) is 9.28. The minimum Gasteiger partial charge on any atom is -0.482 e. The summed E-state index contributed by atoms with van der Waals surface area (Å²) in [4.78, 5) is 23.1. The second kappa shape index (κ2) is 4.47. The lowest BCUT2D eigenvalue weighted by Crippen LogP contribution is -2.49. The van der Waals surface area contributed by atoms with Crippen molar-refractivity contribution < 1.29 is 19.1 Å². The van der Waals surface area contributed by atoms with Crippen LogP contribution in [-0.2, 0) is 19.1 Å². The summed E-state index contributed by atoms with van der Waals surface area (Å²) in [6.07, 6.45) is 2.67. The highest BCUT2D eigenvalue weighted by Gasteiger charge is 2.47. The summed E-state index contributed by atoms with van der Waals surface area (Å²) in [5, 5.41) is 0. The fourth-order valence-corrected chi connectivity index (χ4v) is 1.54. The number of rotatable bonds is 3. The molecule has 4 nitrogen and oxygen atoms in total. The first kappa shape index (κ1) is 11.8. The fourth-order valence-electron chi connectivity index (χ4n) is 1.54. The molecule has 15 heavy (non-hydrogen) atoms. The Morgan fingerprint density at radius 1 is 1.67 bits per heavy atom. The molecule has 4 heteroatoms. The molecule has 1 atom stereocenters. The van der Waals surface area contributed by atoms with Gasteiger partial charge in [0, 0.05) is 12.0 Å². The highest BCUT2D eigenvalue weighted by molar-refractivity contribution is 5.96. The summed E-state index contributed by atoms with van der Waals surface area (Å²) in [7, 11) is 0. The first-order valence-corrected chi connectivity index (χ1v) is 5.07. The van der Waals surface area contributed by atoms with Crippen LogP contribution in [0.15, 0.2) is 12.3 Å². The molecule has 0 fully saturated rings. The molecule has 0 bridgehead atoms. The van der Waals surface area contributed by atoms with Crippen molar-refractivity contribution in [3.63, 3.8) is 0 Å². The molecule has 1 aliphatic heterocycles. The SMILES string of the molecule is CCOC(=O)[C@]1(C(C)C)CC(=O)C=CO1. The van der Waals surface area contributed by atoms with E-state index in [2.05, 4.69) is 0 Å². The van der Waals surface area contributed by atoms with Gasteiger partial charge in [0.05, 0.1) is 19.3 Å². The molecule has 0 saturated heterocycles. The highest BCUT2D eigenvalue weighted by atomic mass is 16.6. The Kier molecular flexibility index (Phi) is 3.50. The van der Waals surface area contributed by atoms with Crippen LogP contribution in [0.1, 0.15) is 27.2 Å². The third-order valence-electron chi connectivity index (χ3n) is 2.52. The van der Waals surface area contributed by atoms with Crippen molar-refractivity contribution in [1.82, 2.24) is 0 Å². The molecule has 0 unspecified atom stereocenters. The lowest BCUT2D eigenvalue weighted by molar-refractivity contribution is -0.174. The van der Waals surface area contributed by atoms with Crippen LogP contribution >= 0.6 is 0 Å². The Balaban J connectivity index is 2.94. The Hall–Kier alpha value is -1.32. The average Bonchev–Trinajstić information content (AvgIpc) is 2.17. The summed E-state index contributed by atoms with van der Waals surface area (Å²) < 4.78 is 10.3. The maximum atomic E-state index is 11.8. The zero-order valence-electron chi connectivity index (χ0n) is 9.28. The van der Waals surface area contributed by atoms with Crippen LogP contribution in [0.2, 0.25) is 0 Å². The van der Waals surface area contributed by atoms with Crippen LogP contribution in [-0.4, -0.2) is 24.0 Å². The van der Waals surface area contributed by atoms with E-state index in [4.69, 9.17) is 9.47 Å². The molecule has 0 aromatic carbocycles. The molecule has 1 rings (SSSR count). The standard InChI is InChI=1S/C11H16O4/c1-4-14-10(13)11(8(2)3)7-9(12)5-6-15-11/h5-6,8H,4,7H2,1-3H3/t11-/m1/s1. The largest absolute Gasteiger partial charge is 0.482 e. The third-order valence-corrected chi connectivity index (χ3v) is 2.52. The maximum absolute atomic E-state index is 11.8. The number of ketones is 1. The third kappa shape index (κ3) is 2.19. The van der Waals surface area contributed by atoms with Crippen molar-refractivity contribution in [2.24, 2.45) is 5.92 Å². The van der Waals surface area contributed by atoms with Crippen LogP contribution in [0.25, 0.3) is 0 Å². The van der Waals surface area contributed by atoms with Gasteiger partial charge < -0.3 is 9.47 Å². The molecule has 0 saturated carbocycles. The number of hydrogen-bond acceptors (Lipinski definition) is 4. The molecule has 0 aromatic heterocycles. The van der Waals surface area contributed by atoms with E-state index >= 15 is 0 Å². The molecule has 0 aromatic rings. The number of allylic oxidation sites excluding steroid dienone is 1.